The molecule has 0 fully saturated rings. The van der Waals surface area contributed by atoms with Crippen molar-refractivity contribution >= 4 is 7.60 Å². The maximum Gasteiger partial charge on any atom is 0.385 e. The first kappa shape index (κ1) is 29.9. The summed E-state index contributed by atoms with van der Waals surface area (Å²) in [7, 11) is 2.30. The van der Waals surface area contributed by atoms with Crippen LogP contribution in [-0.4, -0.2) is 42.9 Å². The molecule has 0 aromatic heterocycles. The Morgan fingerprint density at radius 2 is 1.20 bits per heavy atom. The summed E-state index contributed by atoms with van der Waals surface area (Å²) < 4.78 is 18.4. The third-order valence-corrected chi connectivity index (χ3v) is 8.18. The second-order valence-corrected chi connectivity index (χ2v) is 11.7. The average Bonchev–Trinajstić information content (AvgIpc) is 2.66. The molecule has 0 aliphatic carbocycles. The fourth-order valence-corrected chi connectivity index (χ4v) is 5.92. The van der Waals surface area contributed by atoms with E-state index in [2.05, 4.69) is 19.1 Å². The number of unbranched alkanes of at least 4 members (excludes halogenated alkanes) is 13. The Morgan fingerprint density at radius 3 is 1.63 bits per heavy atom. The highest BCUT2D eigenvalue weighted by molar-refractivity contribution is 7.53. The Kier molecular flexibility index (Phi) is 18.3. The van der Waals surface area contributed by atoms with Gasteiger partial charge in [0.2, 0.25) is 0 Å². The largest absolute Gasteiger partial charge is 0.385 e. The topological polar surface area (TPSA) is 46.5 Å². The van der Waals surface area contributed by atoms with E-state index in [1.807, 2.05) is 28.1 Å². The lowest BCUT2D eigenvalue weighted by molar-refractivity contribution is -0.883. The molecule has 30 heavy (non-hydrogen) atoms. The second-order valence-electron chi connectivity index (χ2n) is 9.69. The van der Waals surface area contributed by atoms with E-state index < -0.39 is 7.60 Å². The van der Waals surface area contributed by atoms with Crippen molar-refractivity contribution in [1.29, 1.82) is 0 Å². The van der Waals surface area contributed by atoms with Crippen LogP contribution in [0, 0.1) is 0 Å². The van der Waals surface area contributed by atoms with Crippen LogP contribution in [-0.2, 0) is 9.09 Å². The van der Waals surface area contributed by atoms with Crippen molar-refractivity contribution < 1.29 is 18.5 Å². The third kappa shape index (κ3) is 16.5. The minimum atomic E-state index is -3.55. The Morgan fingerprint density at radius 1 is 0.767 bits per heavy atom. The fourth-order valence-electron chi connectivity index (χ4n) is 4.02. The van der Waals surface area contributed by atoms with Gasteiger partial charge in [0.15, 0.2) is 5.78 Å². The van der Waals surface area contributed by atoms with Gasteiger partial charge in [-0.2, -0.15) is 0 Å². The number of hydrogen-bond donors (Lipinski definition) is 1. The Bertz CT molecular complexity index is 460. The lowest BCUT2D eigenvalue weighted by Gasteiger charge is -2.35. The van der Waals surface area contributed by atoms with Gasteiger partial charge in [-0.05, 0) is 32.1 Å². The molecule has 2 unspecified atom stereocenters. The molecule has 0 aromatic rings. The zero-order valence-electron chi connectivity index (χ0n) is 20.9. The van der Waals surface area contributed by atoms with E-state index >= 15 is 0 Å². The molecule has 0 heterocycles. The van der Waals surface area contributed by atoms with E-state index in [1.165, 1.54) is 83.5 Å². The highest BCUT2D eigenvalue weighted by Gasteiger charge is 2.41. The van der Waals surface area contributed by atoms with Gasteiger partial charge in [0.05, 0.1) is 27.7 Å². The van der Waals surface area contributed by atoms with Crippen molar-refractivity contribution in [3.8, 4) is 0 Å². The number of allylic oxidation sites excluding steroid dienone is 2. The van der Waals surface area contributed by atoms with E-state index in [9.17, 15) is 9.46 Å². The van der Waals surface area contributed by atoms with Crippen LogP contribution in [0.2, 0.25) is 0 Å². The molecule has 0 aliphatic heterocycles. The monoisotopic (exact) mass is 446 g/mol. The van der Waals surface area contributed by atoms with E-state index in [0.717, 1.165) is 12.8 Å². The highest BCUT2D eigenvalue weighted by atomic mass is 31.2. The first-order valence-electron chi connectivity index (χ1n) is 12.7. The summed E-state index contributed by atoms with van der Waals surface area (Å²) in [5.74, 6) is -0.351. The SMILES string of the molecule is CCCCCCCCCC=CCCCCCCCCOP(=O)(O)C(CC)[N+](C)(C)C. The first-order chi connectivity index (χ1) is 14.3. The standard InChI is InChI=1S/C25H52NO3P/c1-6-8-9-10-11-12-13-14-15-16-17-18-19-20-21-22-23-24-29-30(27,28)25(7-2)26(3,4)5/h15-16,25H,6-14,17-24H2,1-5H3/p+1. The van der Waals surface area contributed by atoms with Crippen LogP contribution in [0.15, 0.2) is 12.2 Å². The van der Waals surface area contributed by atoms with Gasteiger partial charge in [-0.3, -0.25) is 4.57 Å². The molecule has 0 aromatic carbocycles. The van der Waals surface area contributed by atoms with Crippen molar-refractivity contribution in [2.24, 2.45) is 0 Å². The van der Waals surface area contributed by atoms with Crippen LogP contribution in [0.25, 0.3) is 0 Å². The Labute approximate surface area is 188 Å². The maximum atomic E-state index is 12.5. The predicted octanol–water partition coefficient (Wildman–Crippen LogP) is 8.06. The molecule has 0 aliphatic rings. The fraction of sp³-hybridized carbons (Fsp3) is 0.920. The molecule has 5 heteroatoms. The van der Waals surface area contributed by atoms with Crippen LogP contribution in [0.5, 0.6) is 0 Å². The molecule has 0 saturated carbocycles. The molecular formula is C25H53NO3P+. The van der Waals surface area contributed by atoms with Gasteiger partial charge in [0.25, 0.3) is 0 Å². The van der Waals surface area contributed by atoms with Crippen molar-refractivity contribution in [3.05, 3.63) is 12.2 Å². The van der Waals surface area contributed by atoms with Crippen LogP contribution in [0.1, 0.15) is 117 Å². The molecule has 0 rings (SSSR count). The summed E-state index contributed by atoms with van der Waals surface area (Å²) >= 11 is 0. The smallest absolute Gasteiger partial charge is 0.320 e. The van der Waals surface area contributed by atoms with E-state index in [-0.39, 0.29) is 5.78 Å². The predicted molar refractivity (Wildman–Crippen MR) is 132 cm³/mol. The van der Waals surface area contributed by atoms with Crippen molar-refractivity contribution in [2.75, 3.05) is 27.7 Å². The van der Waals surface area contributed by atoms with Gasteiger partial charge in [-0.15, -0.1) is 0 Å². The molecule has 0 saturated heterocycles. The van der Waals surface area contributed by atoms with E-state index in [1.54, 1.807) is 0 Å². The summed E-state index contributed by atoms with van der Waals surface area (Å²) in [5, 5.41) is 0. The Balaban J connectivity index is 3.51. The number of quaternary nitrogens is 1. The number of nitrogens with zero attached hydrogens (tertiary/aromatic N) is 1. The zero-order chi connectivity index (χ0) is 22.7. The molecule has 1 N–H and O–H groups in total. The Hall–Kier alpha value is -0.150. The molecule has 0 spiro atoms. The van der Waals surface area contributed by atoms with Gasteiger partial charge in [-0.25, -0.2) is 0 Å². The molecular weight excluding hydrogens is 393 g/mol. The minimum Gasteiger partial charge on any atom is -0.320 e. The summed E-state index contributed by atoms with van der Waals surface area (Å²) in [5.41, 5.74) is 0. The van der Waals surface area contributed by atoms with Crippen molar-refractivity contribution in [2.45, 2.75) is 122 Å². The lowest BCUT2D eigenvalue weighted by atomic mass is 10.1. The van der Waals surface area contributed by atoms with Gasteiger partial charge in [0, 0.05) is 6.42 Å². The third-order valence-electron chi connectivity index (χ3n) is 5.82. The molecule has 0 bridgehead atoms. The summed E-state index contributed by atoms with van der Waals surface area (Å²) in [4.78, 5) is 10.3. The first-order valence-corrected chi connectivity index (χ1v) is 14.3. The summed E-state index contributed by atoms with van der Waals surface area (Å²) in [6.07, 6.45) is 24.5. The van der Waals surface area contributed by atoms with Crippen LogP contribution in [0.4, 0.5) is 0 Å². The molecule has 2 atom stereocenters. The molecule has 0 radical (unpaired) electrons. The molecule has 0 amide bonds. The lowest BCUT2D eigenvalue weighted by Crippen LogP contribution is -2.44. The van der Waals surface area contributed by atoms with Gasteiger partial charge in [0.1, 0.15) is 0 Å². The zero-order valence-corrected chi connectivity index (χ0v) is 21.8. The molecule has 180 valence electrons. The van der Waals surface area contributed by atoms with Crippen LogP contribution >= 0.6 is 7.60 Å². The van der Waals surface area contributed by atoms with E-state index in [0.29, 0.717) is 17.5 Å². The minimum absolute atomic E-state index is 0.351. The van der Waals surface area contributed by atoms with Crippen LogP contribution < -0.4 is 0 Å². The number of hydrogen-bond acceptors (Lipinski definition) is 2. The maximum absolute atomic E-state index is 12.5. The molecule has 4 nitrogen and oxygen atoms in total. The summed E-state index contributed by atoms with van der Waals surface area (Å²) in [6.45, 7) is 4.62. The van der Waals surface area contributed by atoms with E-state index in [4.69, 9.17) is 4.52 Å². The van der Waals surface area contributed by atoms with Gasteiger partial charge >= 0.3 is 7.60 Å². The second kappa shape index (κ2) is 18.4. The summed E-state index contributed by atoms with van der Waals surface area (Å²) in [6, 6.07) is 0. The number of rotatable bonds is 21. The van der Waals surface area contributed by atoms with Crippen molar-refractivity contribution in [1.82, 2.24) is 0 Å². The quantitative estimate of drug-likeness (QED) is 0.0839. The highest BCUT2D eigenvalue weighted by Crippen LogP contribution is 2.51. The average molecular weight is 447 g/mol. The van der Waals surface area contributed by atoms with Gasteiger partial charge < -0.3 is 13.9 Å². The van der Waals surface area contributed by atoms with Crippen molar-refractivity contribution in [3.63, 3.8) is 0 Å². The van der Waals surface area contributed by atoms with Crippen LogP contribution in [0.3, 0.4) is 0 Å². The van der Waals surface area contributed by atoms with Gasteiger partial charge in [-0.1, -0.05) is 90.2 Å². The normalized spacial score (nSPS) is 15.5.